The summed E-state index contributed by atoms with van der Waals surface area (Å²) in [4.78, 5) is 28.9. The highest BCUT2D eigenvalue weighted by Crippen LogP contribution is 2.26. The topological polar surface area (TPSA) is 72.9 Å². The molecule has 138 valence electrons. The maximum absolute atomic E-state index is 12.6. The van der Waals surface area contributed by atoms with Gasteiger partial charge >= 0.3 is 0 Å². The molecule has 6 nitrogen and oxygen atoms in total. The zero-order valence-electron chi connectivity index (χ0n) is 15.2. The van der Waals surface area contributed by atoms with E-state index in [0.29, 0.717) is 19.0 Å². The Balaban J connectivity index is 1.99. The highest BCUT2D eigenvalue weighted by Gasteiger charge is 2.34. The Hall–Kier alpha value is -1.14. The number of aliphatic hydroxyl groups is 1. The van der Waals surface area contributed by atoms with E-state index < -0.39 is 0 Å². The standard InChI is InChI=1S/C18H33N3O3/c1-14(2)21(10-11-22)17(23)12-16-18(24)19-8-9-20(16)13-15-6-4-3-5-7-15/h14-16,22H,3-13H2,1-2H3,(H,19,24). The van der Waals surface area contributed by atoms with Gasteiger partial charge in [0.2, 0.25) is 11.8 Å². The highest BCUT2D eigenvalue weighted by atomic mass is 16.3. The van der Waals surface area contributed by atoms with Crippen LogP contribution in [0.5, 0.6) is 0 Å². The molecule has 1 aliphatic carbocycles. The lowest BCUT2D eigenvalue weighted by Crippen LogP contribution is -2.58. The molecule has 1 unspecified atom stereocenters. The maximum atomic E-state index is 12.6. The van der Waals surface area contributed by atoms with Crippen LogP contribution in [0.1, 0.15) is 52.4 Å². The zero-order chi connectivity index (χ0) is 17.5. The summed E-state index contributed by atoms with van der Waals surface area (Å²) in [6.07, 6.45) is 6.57. The number of hydrogen-bond donors (Lipinski definition) is 2. The summed E-state index contributed by atoms with van der Waals surface area (Å²) in [6.45, 7) is 6.57. The Morgan fingerprint density at radius 3 is 2.67 bits per heavy atom. The Labute approximate surface area is 145 Å². The number of carbonyl (C=O) groups is 2. The number of nitrogens with zero attached hydrogens (tertiary/aromatic N) is 2. The van der Waals surface area contributed by atoms with Gasteiger partial charge in [-0.3, -0.25) is 14.5 Å². The van der Waals surface area contributed by atoms with Gasteiger partial charge in [0.1, 0.15) is 0 Å². The molecule has 0 aromatic rings. The van der Waals surface area contributed by atoms with Crippen molar-refractivity contribution in [1.29, 1.82) is 0 Å². The fourth-order valence-corrected chi connectivity index (χ4v) is 3.97. The molecule has 6 heteroatoms. The smallest absolute Gasteiger partial charge is 0.237 e. The minimum absolute atomic E-state index is 0.0295. The summed E-state index contributed by atoms with van der Waals surface area (Å²) in [7, 11) is 0. The van der Waals surface area contributed by atoms with Crippen LogP contribution in [0.25, 0.3) is 0 Å². The van der Waals surface area contributed by atoms with Crippen molar-refractivity contribution < 1.29 is 14.7 Å². The molecule has 1 heterocycles. The first-order chi connectivity index (χ1) is 11.5. The van der Waals surface area contributed by atoms with Crippen molar-refractivity contribution in [3.05, 3.63) is 0 Å². The quantitative estimate of drug-likeness (QED) is 0.725. The molecule has 1 saturated heterocycles. The summed E-state index contributed by atoms with van der Waals surface area (Å²) < 4.78 is 0. The predicted octanol–water partition coefficient (Wildman–Crippen LogP) is 0.987. The Kier molecular flexibility index (Phi) is 7.49. The van der Waals surface area contributed by atoms with Crippen molar-refractivity contribution in [2.24, 2.45) is 5.92 Å². The molecule has 2 aliphatic rings. The first-order valence-corrected chi connectivity index (χ1v) is 9.45. The molecule has 1 aliphatic heterocycles. The van der Waals surface area contributed by atoms with Gasteiger partial charge in [-0.25, -0.2) is 0 Å². The van der Waals surface area contributed by atoms with E-state index in [1.807, 2.05) is 13.8 Å². The summed E-state index contributed by atoms with van der Waals surface area (Å²) >= 11 is 0. The van der Waals surface area contributed by atoms with Crippen molar-refractivity contribution in [1.82, 2.24) is 15.1 Å². The van der Waals surface area contributed by atoms with Crippen molar-refractivity contribution in [2.75, 3.05) is 32.8 Å². The van der Waals surface area contributed by atoms with Crippen LogP contribution in [-0.2, 0) is 9.59 Å². The average Bonchev–Trinajstić information content (AvgIpc) is 2.56. The molecule has 0 radical (unpaired) electrons. The zero-order valence-corrected chi connectivity index (χ0v) is 15.2. The van der Waals surface area contributed by atoms with E-state index in [-0.39, 0.29) is 36.9 Å². The number of rotatable bonds is 7. The third kappa shape index (κ3) is 5.18. The van der Waals surface area contributed by atoms with Gasteiger partial charge in [-0.2, -0.15) is 0 Å². The number of carbonyl (C=O) groups excluding carboxylic acids is 2. The van der Waals surface area contributed by atoms with Crippen LogP contribution in [0, 0.1) is 5.92 Å². The van der Waals surface area contributed by atoms with Crippen LogP contribution in [0.2, 0.25) is 0 Å². The van der Waals surface area contributed by atoms with E-state index >= 15 is 0 Å². The monoisotopic (exact) mass is 339 g/mol. The summed E-state index contributed by atoms with van der Waals surface area (Å²) in [5, 5.41) is 12.1. The molecule has 2 N–H and O–H groups in total. The third-order valence-electron chi connectivity index (χ3n) is 5.31. The molecule has 0 spiro atoms. The van der Waals surface area contributed by atoms with Crippen LogP contribution in [0.3, 0.4) is 0 Å². The number of hydrogen-bond acceptors (Lipinski definition) is 4. The first kappa shape index (κ1) is 19.2. The minimum atomic E-state index is -0.367. The van der Waals surface area contributed by atoms with Crippen LogP contribution in [-0.4, -0.2) is 71.6 Å². The Morgan fingerprint density at radius 1 is 1.33 bits per heavy atom. The number of piperazine rings is 1. The second-order valence-electron chi connectivity index (χ2n) is 7.41. The lowest BCUT2D eigenvalue weighted by atomic mass is 9.88. The largest absolute Gasteiger partial charge is 0.395 e. The molecule has 24 heavy (non-hydrogen) atoms. The average molecular weight is 339 g/mol. The maximum Gasteiger partial charge on any atom is 0.237 e. The Morgan fingerprint density at radius 2 is 2.04 bits per heavy atom. The molecular formula is C18H33N3O3. The minimum Gasteiger partial charge on any atom is -0.395 e. The van der Waals surface area contributed by atoms with E-state index in [1.54, 1.807) is 4.90 Å². The number of aliphatic hydroxyl groups excluding tert-OH is 1. The van der Waals surface area contributed by atoms with Gasteiger partial charge in [-0.15, -0.1) is 0 Å². The van der Waals surface area contributed by atoms with Crippen LogP contribution in [0.15, 0.2) is 0 Å². The molecule has 2 rings (SSSR count). The lowest BCUT2D eigenvalue weighted by Gasteiger charge is -2.38. The van der Waals surface area contributed by atoms with Crippen LogP contribution in [0.4, 0.5) is 0 Å². The van der Waals surface area contributed by atoms with Crippen molar-refractivity contribution >= 4 is 11.8 Å². The molecule has 0 bridgehead atoms. The molecule has 2 amide bonds. The van der Waals surface area contributed by atoms with Crippen LogP contribution < -0.4 is 5.32 Å². The van der Waals surface area contributed by atoms with Gasteiger partial charge in [-0.1, -0.05) is 19.3 Å². The van der Waals surface area contributed by atoms with Gasteiger partial charge in [0.25, 0.3) is 0 Å². The number of nitrogens with one attached hydrogen (secondary N) is 1. The second-order valence-corrected chi connectivity index (χ2v) is 7.41. The van der Waals surface area contributed by atoms with Crippen LogP contribution >= 0.6 is 0 Å². The van der Waals surface area contributed by atoms with Crippen molar-refractivity contribution in [3.8, 4) is 0 Å². The van der Waals surface area contributed by atoms with Gasteiger partial charge in [0.15, 0.2) is 0 Å². The van der Waals surface area contributed by atoms with E-state index in [4.69, 9.17) is 0 Å². The normalized spacial score (nSPS) is 23.3. The van der Waals surface area contributed by atoms with Crippen molar-refractivity contribution in [2.45, 2.75) is 64.5 Å². The molecule has 0 aromatic carbocycles. The fraction of sp³-hybridized carbons (Fsp3) is 0.889. The summed E-state index contributed by atoms with van der Waals surface area (Å²) in [6, 6.07) is -0.337. The van der Waals surface area contributed by atoms with E-state index in [2.05, 4.69) is 10.2 Å². The van der Waals surface area contributed by atoms with Gasteiger partial charge in [-0.05, 0) is 32.6 Å². The summed E-state index contributed by atoms with van der Waals surface area (Å²) in [5.74, 6) is 0.578. The van der Waals surface area contributed by atoms with Crippen molar-refractivity contribution in [3.63, 3.8) is 0 Å². The SMILES string of the molecule is CC(C)N(CCO)C(=O)CC1C(=O)NCCN1CC1CCCCC1. The lowest BCUT2D eigenvalue weighted by molar-refractivity contribution is -0.140. The van der Waals surface area contributed by atoms with Gasteiger partial charge in [0.05, 0.1) is 19.1 Å². The van der Waals surface area contributed by atoms with E-state index in [1.165, 1.54) is 32.1 Å². The molecule has 1 atom stereocenters. The third-order valence-corrected chi connectivity index (χ3v) is 5.31. The molecular weight excluding hydrogens is 306 g/mol. The van der Waals surface area contributed by atoms with Gasteiger partial charge in [0, 0.05) is 32.2 Å². The Bertz CT molecular complexity index is 422. The van der Waals surface area contributed by atoms with E-state index in [9.17, 15) is 14.7 Å². The highest BCUT2D eigenvalue weighted by molar-refractivity contribution is 5.89. The molecule has 0 aromatic heterocycles. The number of amides is 2. The van der Waals surface area contributed by atoms with E-state index in [0.717, 1.165) is 13.1 Å². The predicted molar refractivity (Wildman–Crippen MR) is 93.5 cm³/mol. The first-order valence-electron chi connectivity index (χ1n) is 9.45. The summed E-state index contributed by atoms with van der Waals surface area (Å²) in [5.41, 5.74) is 0. The molecule has 1 saturated carbocycles. The molecule has 2 fully saturated rings. The second kappa shape index (κ2) is 9.37. The fourth-order valence-electron chi connectivity index (χ4n) is 3.97. The van der Waals surface area contributed by atoms with Gasteiger partial charge < -0.3 is 15.3 Å².